The van der Waals surface area contributed by atoms with Crippen LogP contribution in [0, 0.1) is 4.77 Å². The average molecular weight is 615 g/mol. The molecule has 1 unspecified atom stereocenters. The van der Waals surface area contributed by atoms with E-state index in [1.165, 1.54) is 17.7 Å². The Kier molecular flexibility index (Phi) is 11.1. The fraction of sp³-hybridized carbons (Fsp3) is 0.727. The summed E-state index contributed by atoms with van der Waals surface area (Å²) in [6.07, 6.45) is -5.25. The van der Waals surface area contributed by atoms with Gasteiger partial charge in [-0.2, -0.15) is 0 Å². The number of carbonyl (C=O) groups excluding carboxylic acids is 2. The fourth-order valence-corrected chi connectivity index (χ4v) is 4.28. The van der Waals surface area contributed by atoms with Gasteiger partial charge in [0.25, 0.3) is 5.56 Å². The number of hydrogen-bond acceptors (Lipinski definition) is 15. The Labute approximate surface area is 235 Å². The van der Waals surface area contributed by atoms with Gasteiger partial charge >= 0.3 is 20.1 Å². The van der Waals surface area contributed by atoms with Crippen LogP contribution < -0.4 is 5.56 Å². The largest absolute Gasteiger partial charge is 0.510 e. The van der Waals surface area contributed by atoms with Crippen LogP contribution in [-0.2, 0) is 41.8 Å². The summed E-state index contributed by atoms with van der Waals surface area (Å²) in [4.78, 5) is 37.4. The van der Waals surface area contributed by atoms with E-state index in [2.05, 4.69) is 4.98 Å². The molecule has 1 saturated heterocycles. The number of aromatic nitrogens is 2. The second-order valence-corrected chi connectivity index (χ2v) is 12.7. The van der Waals surface area contributed by atoms with E-state index < -0.39 is 81.1 Å². The third-order valence-corrected chi connectivity index (χ3v) is 6.43. The molecule has 1 aromatic heterocycles. The molecule has 4 atom stereocenters. The summed E-state index contributed by atoms with van der Waals surface area (Å²) in [6.45, 7) is 8.20. The summed E-state index contributed by atoms with van der Waals surface area (Å²) in [5.74, 6) is 0. The summed E-state index contributed by atoms with van der Waals surface area (Å²) in [5, 5.41) is 21.6. The van der Waals surface area contributed by atoms with Gasteiger partial charge in [-0.3, -0.25) is 18.9 Å². The molecule has 0 saturated carbocycles. The Morgan fingerprint density at radius 3 is 2.02 bits per heavy atom. The number of phosphoric acid groups is 1. The highest BCUT2D eigenvalue weighted by atomic mass is 32.1. The van der Waals surface area contributed by atoms with Crippen molar-refractivity contribution in [1.29, 1.82) is 0 Å². The van der Waals surface area contributed by atoms with E-state index in [0.717, 1.165) is 6.07 Å². The van der Waals surface area contributed by atoms with E-state index in [1.807, 2.05) is 0 Å². The molecule has 1 aromatic rings. The van der Waals surface area contributed by atoms with Crippen LogP contribution in [-0.4, -0.2) is 81.3 Å². The lowest BCUT2D eigenvalue weighted by molar-refractivity contribution is -0.0986. The molecule has 0 bridgehead atoms. The Morgan fingerprint density at radius 1 is 1.07 bits per heavy atom. The fourth-order valence-electron chi connectivity index (χ4n) is 3.10. The third kappa shape index (κ3) is 10.2. The lowest BCUT2D eigenvalue weighted by Crippen LogP contribution is -2.44. The predicted molar refractivity (Wildman–Crippen MR) is 137 cm³/mol. The number of H-pyrrole nitrogens is 1. The number of ether oxygens (including phenoxy) is 5. The molecule has 0 spiro atoms. The number of nitrogens with zero attached hydrogens (tertiary/aromatic N) is 1. The minimum atomic E-state index is -4.68. The maximum absolute atomic E-state index is 13.2. The van der Waals surface area contributed by atoms with Crippen molar-refractivity contribution < 1.29 is 61.6 Å². The van der Waals surface area contributed by atoms with Gasteiger partial charge in [-0.1, -0.05) is 0 Å². The minimum Gasteiger partial charge on any atom is -0.429 e. The first-order valence-corrected chi connectivity index (χ1v) is 13.7. The number of phosphoric ester groups is 1. The lowest BCUT2D eigenvalue weighted by atomic mass is 9.96. The van der Waals surface area contributed by atoms with Gasteiger partial charge in [-0.15, -0.1) is 0 Å². The zero-order chi connectivity index (χ0) is 30.5. The summed E-state index contributed by atoms with van der Waals surface area (Å²) in [5.41, 5.74) is -4.20. The average Bonchev–Trinajstić information content (AvgIpc) is 2.99. The van der Waals surface area contributed by atoms with Crippen molar-refractivity contribution in [3.63, 3.8) is 0 Å². The number of aromatic amines is 1. The summed E-state index contributed by atoms with van der Waals surface area (Å²) in [7, 11) is -4.68. The normalized spacial score (nSPS) is 23.5. The van der Waals surface area contributed by atoms with E-state index in [4.69, 9.17) is 49.5 Å². The molecule has 2 rings (SSSR count). The molecule has 0 aromatic carbocycles. The second kappa shape index (κ2) is 13.1. The van der Waals surface area contributed by atoms with Gasteiger partial charge in [-0.05, 0) is 60.7 Å². The second-order valence-electron chi connectivity index (χ2n) is 10.7. The molecular weight excluding hydrogens is 579 g/mol. The molecular formula is C22H35N2O14PS. The third-order valence-electron chi connectivity index (χ3n) is 4.81. The molecule has 40 heavy (non-hydrogen) atoms. The quantitative estimate of drug-likeness (QED) is 0.150. The van der Waals surface area contributed by atoms with E-state index >= 15 is 0 Å². The molecule has 16 nitrogen and oxygen atoms in total. The molecule has 0 aliphatic carbocycles. The van der Waals surface area contributed by atoms with Crippen molar-refractivity contribution in [2.75, 3.05) is 20.2 Å². The first-order valence-electron chi connectivity index (χ1n) is 11.8. The van der Waals surface area contributed by atoms with Crippen LogP contribution in [0.5, 0.6) is 0 Å². The molecule has 2 heterocycles. The van der Waals surface area contributed by atoms with Crippen LogP contribution >= 0.6 is 20.0 Å². The highest BCUT2D eigenvalue weighted by Gasteiger charge is 2.53. The van der Waals surface area contributed by atoms with Crippen LogP contribution in [0.2, 0.25) is 0 Å². The van der Waals surface area contributed by atoms with E-state index in [0.29, 0.717) is 0 Å². The highest BCUT2D eigenvalue weighted by Crippen LogP contribution is 2.50. The zero-order valence-corrected chi connectivity index (χ0v) is 24.8. The van der Waals surface area contributed by atoms with Gasteiger partial charge in [0.15, 0.2) is 11.0 Å². The number of nitrogens with one attached hydrogen (secondary N) is 1. The molecule has 1 aliphatic heterocycles. The Hall–Kier alpha value is -2.37. The number of carbonyl (C=O) groups is 2. The molecule has 228 valence electrons. The van der Waals surface area contributed by atoms with Crippen LogP contribution in [0.1, 0.15) is 54.7 Å². The van der Waals surface area contributed by atoms with Gasteiger partial charge in [-0.25, -0.2) is 23.2 Å². The van der Waals surface area contributed by atoms with E-state index in [1.54, 1.807) is 41.5 Å². The molecule has 18 heteroatoms. The first-order chi connectivity index (χ1) is 18.2. The van der Waals surface area contributed by atoms with Gasteiger partial charge in [0, 0.05) is 12.3 Å². The maximum Gasteiger partial charge on any atom is 0.510 e. The molecule has 0 radical (unpaired) electrons. The monoisotopic (exact) mass is 614 g/mol. The van der Waals surface area contributed by atoms with Gasteiger partial charge in [0.1, 0.15) is 29.0 Å². The Morgan fingerprint density at radius 2 is 1.57 bits per heavy atom. The lowest BCUT2D eigenvalue weighted by Gasteiger charge is -2.28. The van der Waals surface area contributed by atoms with Crippen LogP contribution in [0.3, 0.4) is 0 Å². The van der Waals surface area contributed by atoms with Crippen molar-refractivity contribution in [3.05, 3.63) is 27.4 Å². The molecule has 1 aliphatic rings. The van der Waals surface area contributed by atoms with Crippen molar-refractivity contribution in [2.45, 2.75) is 83.7 Å². The van der Waals surface area contributed by atoms with Crippen LogP contribution in [0.25, 0.3) is 0 Å². The number of aliphatic hydroxyl groups excluding tert-OH is 1. The van der Waals surface area contributed by atoms with Crippen molar-refractivity contribution in [2.24, 2.45) is 0 Å². The number of hydrogen-bond donors (Lipinski definition) is 3. The first kappa shape index (κ1) is 33.8. The molecule has 0 amide bonds. The Balaban J connectivity index is 2.11. The number of aliphatic hydroxyl groups is 2. The Bertz CT molecular complexity index is 1160. The van der Waals surface area contributed by atoms with Crippen LogP contribution in [0.15, 0.2) is 17.1 Å². The van der Waals surface area contributed by atoms with Gasteiger partial charge < -0.3 is 33.9 Å². The van der Waals surface area contributed by atoms with Crippen LogP contribution in [0.4, 0.5) is 9.59 Å². The van der Waals surface area contributed by atoms with Crippen molar-refractivity contribution >= 4 is 32.4 Å². The predicted octanol–water partition coefficient (Wildman–Crippen LogP) is 2.89. The maximum atomic E-state index is 13.2. The summed E-state index contributed by atoms with van der Waals surface area (Å²) in [6, 6.07) is 1.14. The zero-order valence-electron chi connectivity index (χ0n) is 23.1. The smallest absolute Gasteiger partial charge is 0.429 e. The summed E-state index contributed by atoms with van der Waals surface area (Å²) < 4.78 is 54.6. The standard InChI is InChI=1S/C22H35N2O14PS/c1-20(2,3)37-18(27)31-11-34-39(30,35-12-32-19(28)38-21(4,5)6)33-10-13-15(26)22(7,29)16(36-13)24-9-8-14(25)23-17(24)40/h8-9,13,15-16,26,29H,10-12H2,1-7H3,(H,23,25,40)/t13-,15+,16-,22?/m1/s1. The SMILES string of the molecule is CC(C)(C)OC(=O)OCOP(=O)(OCOC(=O)OC(C)(C)C)OC[C@H]1O[C@@H](n2ccc(=O)[nH]c2=S)C(C)(O)[C@H]1O. The van der Waals surface area contributed by atoms with Crippen molar-refractivity contribution in [3.8, 4) is 0 Å². The van der Waals surface area contributed by atoms with E-state index in [-0.39, 0.29) is 4.77 Å². The van der Waals surface area contributed by atoms with Crippen molar-refractivity contribution in [1.82, 2.24) is 9.55 Å². The number of rotatable bonds is 10. The summed E-state index contributed by atoms with van der Waals surface area (Å²) >= 11 is 5.10. The van der Waals surface area contributed by atoms with Gasteiger partial charge in [0.05, 0.1) is 6.61 Å². The molecule has 3 N–H and O–H groups in total. The van der Waals surface area contributed by atoms with Gasteiger partial charge in [0.2, 0.25) is 13.6 Å². The topological polar surface area (TPSA) is 203 Å². The minimum absolute atomic E-state index is 0.0949. The highest BCUT2D eigenvalue weighted by molar-refractivity contribution is 7.71. The van der Waals surface area contributed by atoms with E-state index in [9.17, 15) is 29.2 Å². The molecule has 1 fully saturated rings.